The minimum absolute atomic E-state index is 0.0325. The van der Waals surface area contributed by atoms with Crippen molar-refractivity contribution in [3.05, 3.63) is 64.9 Å². The summed E-state index contributed by atoms with van der Waals surface area (Å²) in [5.41, 5.74) is 1.83. The molecule has 1 aliphatic rings. The van der Waals surface area contributed by atoms with Gasteiger partial charge in [-0.15, -0.1) is 0 Å². The molecular formula is C21H19ClN2O3. The van der Waals surface area contributed by atoms with Crippen molar-refractivity contribution in [1.29, 1.82) is 0 Å². The summed E-state index contributed by atoms with van der Waals surface area (Å²) in [6.45, 7) is 2.50. The molecule has 3 aromatic rings. The molecule has 5 nitrogen and oxygen atoms in total. The van der Waals surface area contributed by atoms with E-state index in [4.69, 9.17) is 16.0 Å². The van der Waals surface area contributed by atoms with Gasteiger partial charge in [-0.25, -0.2) is 0 Å². The molecule has 0 radical (unpaired) electrons. The van der Waals surface area contributed by atoms with Crippen LogP contribution in [0.1, 0.15) is 41.9 Å². The molecule has 138 valence electrons. The summed E-state index contributed by atoms with van der Waals surface area (Å²) >= 11 is 6.25. The monoisotopic (exact) mass is 382 g/mol. The van der Waals surface area contributed by atoms with Gasteiger partial charge in [-0.2, -0.15) is 0 Å². The van der Waals surface area contributed by atoms with Crippen LogP contribution in [0.3, 0.4) is 0 Å². The molecule has 0 unspecified atom stereocenters. The van der Waals surface area contributed by atoms with Gasteiger partial charge in [-0.05, 0) is 43.7 Å². The molecule has 4 rings (SSSR count). The average molecular weight is 383 g/mol. The second-order valence-electron chi connectivity index (χ2n) is 6.70. The lowest BCUT2D eigenvalue weighted by Crippen LogP contribution is -2.28. The van der Waals surface area contributed by atoms with E-state index in [1.807, 2.05) is 37.3 Å². The molecule has 6 heteroatoms. The van der Waals surface area contributed by atoms with Gasteiger partial charge in [0.15, 0.2) is 0 Å². The van der Waals surface area contributed by atoms with Gasteiger partial charge >= 0.3 is 0 Å². The number of hydrogen-bond acceptors (Lipinski definition) is 3. The van der Waals surface area contributed by atoms with Gasteiger partial charge in [-0.3, -0.25) is 9.59 Å². The number of hydrogen-bond donors (Lipinski definition) is 1. The first-order valence-electron chi connectivity index (χ1n) is 8.92. The van der Waals surface area contributed by atoms with Crippen LogP contribution in [0.25, 0.3) is 11.0 Å². The van der Waals surface area contributed by atoms with Crippen LogP contribution in [0.15, 0.2) is 52.9 Å². The van der Waals surface area contributed by atoms with E-state index in [1.165, 1.54) is 0 Å². The van der Waals surface area contributed by atoms with Crippen molar-refractivity contribution in [3.63, 3.8) is 0 Å². The first-order chi connectivity index (χ1) is 13.0. The number of carbonyl (C=O) groups excluding carboxylic acids is 2. The number of amides is 2. The molecule has 1 atom stereocenters. The highest BCUT2D eigenvalue weighted by Gasteiger charge is 2.25. The lowest BCUT2D eigenvalue weighted by atomic mass is 10.1. The number of carbonyl (C=O) groups is 2. The van der Waals surface area contributed by atoms with E-state index in [9.17, 15) is 9.59 Å². The number of para-hydroxylation sites is 1. The van der Waals surface area contributed by atoms with E-state index >= 15 is 0 Å². The molecule has 2 aromatic carbocycles. The van der Waals surface area contributed by atoms with Crippen LogP contribution in [0.4, 0.5) is 5.69 Å². The number of benzene rings is 2. The Morgan fingerprint density at radius 1 is 1.22 bits per heavy atom. The van der Waals surface area contributed by atoms with Crippen molar-refractivity contribution in [2.24, 2.45) is 0 Å². The third-order valence-corrected chi connectivity index (χ3v) is 5.11. The molecule has 1 N–H and O–H groups in total. The van der Waals surface area contributed by atoms with E-state index in [0.29, 0.717) is 35.0 Å². The van der Waals surface area contributed by atoms with Crippen LogP contribution in [0, 0.1) is 0 Å². The number of fused-ring (bicyclic) bond motifs is 1. The second kappa shape index (κ2) is 7.08. The van der Waals surface area contributed by atoms with Gasteiger partial charge in [0.1, 0.15) is 11.3 Å². The van der Waals surface area contributed by atoms with Crippen molar-refractivity contribution in [2.45, 2.75) is 25.8 Å². The van der Waals surface area contributed by atoms with Crippen LogP contribution in [-0.4, -0.2) is 18.4 Å². The minimum Gasteiger partial charge on any atom is -0.459 e. The highest BCUT2D eigenvalue weighted by atomic mass is 35.5. The second-order valence-corrected chi connectivity index (χ2v) is 7.10. The first kappa shape index (κ1) is 17.6. The number of halogens is 1. The third kappa shape index (κ3) is 3.43. The molecule has 1 saturated heterocycles. The zero-order chi connectivity index (χ0) is 19.0. The number of furan rings is 1. The summed E-state index contributed by atoms with van der Waals surface area (Å²) in [5.74, 6) is 0.478. The maximum absolute atomic E-state index is 12.7. The van der Waals surface area contributed by atoms with Crippen LogP contribution < -0.4 is 10.2 Å². The van der Waals surface area contributed by atoms with E-state index in [-0.39, 0.29) is 17.9 Å². The van der Waals surface area contributed by atoms with E-state index in [1.54, 1.807) is 23.1 Å². The third-order valence-electron chi connectivity index (χ3n) is 4.79. The molecule has 1 fully saturated rings. The average Bonchev–Trinajstić information content (AvgIpc) is 3.28. The molecule has 0 spiro atoms. The Bertz CT molecular complexity index is 994. The Morgan fingerprint density at radius 3 is 2.78 bits per heavy atom. The standard InChI is InChI=1S/C21H19ClN2O3/c1-13(19-12-14-5-2-3-6-18(14)27-19)23-21(26)15-8-9-16(22)17(11-15)24-10-4-7-20(24)25/h2-3,5-6,8-9,11-13H,4,7,10H2,1H3,(H,23,26)/t13-/m1/s1. The maximum atomic E-state index is 12.7. The molecule has 2 heterocycles. The fourth-order valence-corrected chi connectivity index (χ4v) is 3.55. The predicted molar refractivity (Wildman–Crippen MR) is 105 cm³/mol. The summed E-state index contributed by atoms with van der Waals surface area (Å²) in [7, 11) is 0. The Morgan fingerprint density at radius 2 is 2.04 bits per heavy atom. The minimum atomic E-state index is -0.294. The maximum Gasteiger partial charge on any atom is 0.251 e. The summed E-state index contributed by atoms with van der Waals surface area (Å²) < 4.78 is 5.82. The quantitative estimate of drug-likeness (QED) is 0.711. The predicted octanol–water partition coefficient (Wildman–Crippen LogP) is 4.70. The SMILES string of the molecule is C[C@@H](NC(=O)c1ccc(Cl)c(N2CCCC2=O)c1)c1cc2ccccc2o1. The molecular weight excluding hydrogens is 364 g/mol. The van der Waals surface area contributed by atoms with Crippen LogP contribution >= 0.6 is 11.6 Å². The van der Waals surface area contributed by atoms with E-state index < -0.39 is 0 Å². The van der Waals surface area contributed by atoms with Crippen molar-refractivity contribution >= 4 is 40.1 Å². The van der Waals surface area contributed by atoms with Crippen molar-refractivity contribution in [3.8, 4) is 0 Å². The van der Waals surface area contributed by atoms with Crippen molar-refractivity contribution in [2.75, 3.05) is 11.4 Å². The molecule has 0 bridgehead atoms. The van der Waals surface area contributed by atoms with Crippen LogP contribution in [0.5, 0.6) is 0 Å². The fraction of sp³-hybridized carbons (Fsp3) is 0.238. The highest BCUT2D eigenvalue weighted by molar-refractivity contribution is 6.34. The highest BCUT2D eigenvalue weighted by Crippen LogP contribution is 2.31. The summed E-state index contributed by atoms with van der Waals surface area (Å²) in [6.07, 6.45) is 1.31. The van der Waals surface area contributed by atoms with Crippen molar-refractivity contribution in [1.82, 2.24) is 5.32 Å². The van der Waals surface area contributed by atoms with Crippen LogP contribution in [0.2, 0.25) is 5.02 Å². The Labute approximate surface area is 161 Å². The molecule has 1 aliphatic heterocycles. The molecule has 1 aromatic heterocycles. The number of anilines is 1. The lowest BCUT2D eigenvalue weighted by molar-refractivity contribution is -0.117. The number of rotatable bonds is 4. The first-order valence-corrected chi connectivity index (χ1v) is 9.30. The zero-order valence-corrected chi connectivity index (χ0v) is 15.6. The Hall–Kier alpha value is -2.79. The van der Waals surface area contributed by atoms with E-state index in [0.717, 1.165) is 17.4 Å². The summed E-state index contributed by atoms with van der Waals surface area (Å²) in [6, 6.07) is 14.3. The summed E-state index contributed by atoms with van der Waals surface area (Å²) in [5, 5.41) is 4.40. The molecule has 0 saturated carbocycles. The number of nitrogens with one attached hydrogen (secondary N) is 1. The molecule has 0 aliphatic carbocycles. The van der Waals surface area contributed by atoms with Gasteiger partial charge in [0.2, 0.25) is 5.91 Å². The van der Waals surface area contributed by atoms with Crippen LogP contribution in [-0.2, 0) is 4.79 Å². The summed E-state index contributed by atoms with van der Waals surface area (Å²) in [4.78, 5) is 26.4. The van der Waals surface area contributed by atoms with Gasteiger partial charge in [-0.1, -0.05) is 29.8 Å². The zero-order valence-electron chi connectivity index (χ0n) is 14.9. The smallest absolute Gasteiger partial charge is 0.251 e. The van der Waals surface area contributed by atoms with Gasteiger partial charge in [0.25, 0.3) is 5.91 Å². The van der Waals surface area contributed by atoms with Gasteiger partial charge < -0.3 is 14.6 Å². The topological polar surface area (TPSA) is 62.6 Å². The number of nitrogens with zero attached hydrogens (tertiary/aromatic N) is 1. The lowest BCUT2D eigenvalue weighted by Gasteiger charge is -2.18. The van der Waals surface area contributed by atoms with Gasteiger partial charge in [0.05, 0.1) is 16.8 Å². The fourth-order valence-electron chi connectivity index (χ4n) is 3.33. The van der Waals surface area contributed by atoms with Gasteiger partial charge in [0, 0.05) is 23.9 Å². The van der Waals surface area contributed by atoms with E-state index in [2.05, 4.69) is 5.32 Å². The largest absolute Gasteiger partial charge is 0.459 e. The Balaban J connectivity index is 1.54. The normalized spacial score (nSPS) is 15.3. The molecule has 27 heavy (non-hydrogen) atoms. The molecule has 2 amide bonds. The van der Waals surface area contributed by atoms with Crippen molar-refractivity contribution < 1.29 is 14.0 Å². The Kier molecular flexibility index (Phi) is 4.62.